The van der Waals surface area contributed by atoms with Gasteiger partial charge in [-0.05, 0) is 54.8 Å². The second kappa shape index (κ2) is 11.4. The molecule has 0 aliphatic rings. The molecule has 0 unspecified atom stereocenters. The zero-order valence-electron chi connectivity index (χ0n) is 20.4. The van der Waals surface area contributed by atoms with E-state index in [1.165, 1.54) is 11.1 Å². The van der Waals surface area contributed by atoms with Crippen molar-refractivity contribution in [1.82, 2.24) is 0 Å². The minimum atomic E-state index is -0.993. The molecule has 1 atom stereocenters. The Morgan fingerprint density at radius 3 is 2.28 bits per heavy atom. The molecule has 0 aliphatic heterocycles. The van der Waals surface area contributed by atoms with Crippen LogP contribution < -0.4 is 10.1 Å². The molecule has 0 heterocycles. The van der Waals surface area contributed by atoms with Gasteiger partial charge in [-0.25, -0.2) is 4.79 Å². The predicted octanol–water partition coefficient (Wildman–Crippen LogP) is 6.22. The van der Waals surface area contributed by atoms with Crippen LogP contribution in [0.4, 0.5) is 5.69 Å². The van der Waals surface area contributed by atoms with Crippen molar-refractivity contribution < 1.29 is 19.4 Å². The standard InChI is InChI=1S/C31H29NO4/c1-21-12-13-22(2)25(18-21)20-36-26-16-14-23(15-17-26)19-29(31(34)35)32-28-11-7-6-10-27(28)30(33)24-8-4-3-5-9-24/h3-18,29,32H,19-20H2,1-2H3,(H,34,35)/t29-/m0/s1. The molecule has 2 N–H and O–H groups in total. The second-order valence-corrected chi connectivity index (χ2v) is 8.84. The van der Waals surface area contributed by atoms with Crippen molar-refractivity contribution in [3.8, 4) is 5.75 Å². The summed E-state index contributed by atoms with van der Waals surface area (Å²) in [6.45, 7) is 4.59. The van der Waals surface area contributed by atoms with E-state index in [0.29, 0.717) is 23.4 Å². The molecule has 0 fully saturated rings. The summed E-state index contributed by atoms with van der Waals surface area (Å²) in [5.74, 6) is -0.432. The van der Waals surface area contributed by atoms with Crippen LogP contribution in [0.3, 0.4) is 0 Å². The van der Waals surface area contributed by atoms with Crippen LogP contribution in [0.15, 0.2) is 97.1 Å². The minimum absolute atomic E-state index is 0.159. The average molecular weight is 480 g/mol. The molecule has 5 heteroatoms. The highest BCUT2D eigenvalue weighted by Crippen LogP contribution is 2.22. The number of carbonyl (C=O) groups is 2. The van der Waals surface area contributed by atoms with Crippen molar-refractivity contribution in [2.45, 2.75) is 32.9 Å². The number of nitrogens with one attached hydrogen (secondary N) is 1. The summed E-state index contributed by atoms with van der Waals surface area (Å²) in [7, 11) is 0. The van der Waals surface area contributed by atoms with Crippen LogP contribution in [0.5, 0.6) is 5.75 Å². The maximum Gasteiger partial charge on any atom is 0.326 e. The van der Waals surface area contributed by atoms with Gasteiger partial charge in [0.2, 0.25) is 0 Å². The van der Waals surface area contributed by atoms with E-state index < -0.39 is 12.0 Å². The lowest BCUT2D eigenvalue weighted by atomic mass is 10.00. The monoisotopic (exact) mass is 479 g/mol. The van der Waals surface area contributed by atoms with Gasteiger partial charge < -0.3 is 15.2 Å². The largest absolute Gasteiger partial charge is 0.489 e. The molecule has 0 aliphatic carbocycles. The normalized spacial score (nSPS) is 11.5. The fraction of sp³-hybridized carbons (Fsp3) is 0.161. The van der Waals surface area contributed by atoms with Crippen LogP contribution in [0.25, 0.3) is 0 Å². The number of carboxylic acid groups (broad SMARTS) is 1. The molecule has 5 nitrogen and oxygen atoms in total. The van der Waals surface area contributed by atoms with Crippen molar-refractivity contribution in [1.29, 1.82) is 0 Å². The van der Waals surface area contributed by atoms with Gasteiger partial charge in [0, 0.05) is 23.2 Å². The zero-order chi connectivity index (χ0) is 25.5. The third-order valence-electron chi connectivity index (χ3n) is 6.10. The number of rotatable bonds is 10. The van der Waals surface area contributed by atoms with E-state index in [1.54, 1.807) is 48.5 Å². The van der Waals surface area contributed by atoms with Gasteiger partial charge in [0.1, 0.15) is 18.4 Å². The number of hydrogen-bond donors (Lipinski definition) is 2. The van der Waals surface area contributed by atoms with E-state index in [-0.39, 0.29) is 12.2 Å². The predicted molar refractivity (Wildman–Crippen MR) is 142 cm³/mol. The lowest BCUT2D eigenvalue weighted by Gasteiger charge is -2.18. The molecule has 36 heavy (non-hydrogen) atoms. The number of ether oxygens (including phenoxy) is 1. The maximum absolute atomic E-state index is 13.0. The van der Waals surface area contributed by atoms with Gasteiger partial charge in [-0.15, -0.1) is 0 Å². The second-order valence-electron chi connectivity index (χ2n) is 8.84. The number of aliphatic carboxylic acids is 1. The van der Waals surface area contributed by atoms with Crippen LogP contribution in [0.1, 0.15) is 38.2 Å². The average Bonchev–Trinajstić information content (AvgIpc) is 2.90. The van der Waals surface area contributed by atoms with E-state index in [4.69, 9.17) is 4.74 Å². The molecular formula is C31H29NO4. The highest BCUT2D eigenvalue weighted by Gasteiger charge is 2.21. The van der Waals surface area contributed by atoms with Crippen molar-refractivity contribution in [2.75, 3.05) is 5.32 Å². The van der Waals surface area contributed by atoms with E-state index in [9.17, 15) is 14.7 Å². The minimum Gasteiger partial charge on any atom is -0.489 e. The van der Waals surface area contributed by atoms with Crippen molar-refractivity contribution >= 4 is 17.4 Å². The summed E-state index contributed by atoms with van der Waals surface area (Å²) in [5, 5.41) is 13.0. The van der Waals surface area contributed by atoms with Gasteiger partial charge >= 0.3 is 5.97 Å². The maximum atomic E-state index is 13.0. The highest BCUT2D eigenvalue weighted by atomic mass is 16.5. The fourth-order valence-electron chi connectivity index (χ4n) is 4.01. The quantitative estimate of drug-likeness (QED) is 0.264. The summed E-state index contributed by atoms with van der Waals surface area (Å²) < 4.78 is 5.95. The lowest BCUT2D eigenvalue weighted by molar-refractivity contribution is -0.137. The number of benzene rings is 4. The molecule has 0 saturated carbocycles. The summed E-state index contributed by atoms with van der Waals surface area (Å²) in [6, 6.07) is 28.8. The van der Waals surface area contributed by atoms with Gasteiger partial charge in [-0.1, -0.05) is 78.4 Å². The van der Waals surface area contributed by atoms with Crippen LogP contribution >= 0.6 is 0 Å². The van der Waals surface area contributed by atoms with E-state index in [1.807, 2.05) is 30.3 Å². The van der Waals surface area contributed by atoms with Crippen LogP contribution in [-0.4, -0.2) is 22.9 Å². The summed E-state index contributed by atoms with van der Waals surface area (Å²) >= 11 is 0. The van der Waals surface area contributed by atoms with Crippen LogP contribution in [0, 0.1) is 13.8 Å². The highest BCUT2D eigenvalue weighted by molar-refractivity contribution is 6.12. The topological polar surface area (TPSA) is 75.6 Å². The Morgan fingerprint density at radius 1 is 0.861 bits per heavy atom. The lowest BCUT2D eigenvalue weighted by Crippen LogP contribution is -2.32. The number of carbonyl (C=O) groups excluding carboxylic acids is 1. The van der Waals surface area contributed by atoms with E-state index in [0.717, 1.165) is 16.9 Å². The number of aryl methyl sites for hydroxylation is 2. The zero-order valence-corrected chi connectivity index (χ0v) is 20.4. The first-order valence-electron chi connectivity index (χ1n) is 11.9. The smallest absolute Gasteiger partial charge is 0.326 e. The Kier molecular flexibility index (Phi) is 7.81. The molecule has 0 saturated heterocycles. The Bertz CT molecular complexity index is 1350. The van der Waals surface area contributed by atoms with Crippen molar-refractivity contribution in [3.63, 3.8) is 0 Å². The van der Waals surface area contributed by atoms with Gasteiger partial charge in [-0.2, -0.15) is 0 Å². The Labute approximate surface area is 211 Å². The van der Waals surface area contributed by atoms with Gasteiger partial charge in [-0.3, -0.25) is 4.79 Å². The summed E-state index contributed by atoms with van der Waals surface area (Å²) in [4.78, 5) is 25.1. The molecule has 0 amide bonds. The molecular weight excluding hydrogens is 450 g/mol. The Hall–Kier alpha value is -4.38. The third-order valence-corrected chi connectivity index (χ3v) is 6.10. The number of para-hydroxylation sites is 1. The van der Waals surface area contributed by atoms with Crippen LogP contribution in [-0.2, 0) is 17.8 Å². The molecule has 0 radical (unpaired) electrons. The third kappa shape index (κ3) is 6.19. The van der Waals surface area contributed by atoms with Gasteiger partial charge in [0.15, 0.2) is 5.78 Å². The summed E-state index contributed by atoms with van der Waals surface area (Å²) in [6.07, 6.45) is 0.250. The first kappa shape index (κ1) is 24.7. The first-order valence-corrected chi connectivity index (χ1v) is 11.9. The Balaban J connectivity index is 1.44. The molecule has 0 bridgehead atoms. The molecule has 0 aromatic heterocycles. The van der Waals surface area contributed by atoms with Crippen LogP contribution in [0.2, 0.25) is 0 Å². The number of ketones is 1. The molecule has 4 aromatic carbocycles. The van der Waals surface area contributed by atoms with Crippen molar-refractivity contribution in [3.05, 3.63) is 130 Å². The van der Waals surface area contributed by atoms with E-state index >= 15 is 0 Å². The molecule has 182 valence electrons. The first-order chi connectivity index (χ1) is 17.4. The summed E-state index contributed by atoms with van der Waals surface area (Å²) in [5.41, 5.74) is 5.83. The fourth-order valence-corrected chi connectivity index (χ4v) is 4.01. The van der Waals surface area contributed by atoms with Gasteiger partial charge in [0.05, 0.1) is 0 Å². The number of anilines is 1. The Morgan fingerprint density at radius 2 is 1.56 bits per heavy atom. The molecule has 4 aromatic rings. The van der Waals surface area contributed by atoms with E-state index in [2.05, 4.69) is 37.4 Å². The number of carboxylic acids is 1. The molecule has 0 spiro atoms. The SMILES string of the molecule is Cc1ccc(C)c(COc2ccc(C[C@H](Nc3ccccc3C(=O)c3ccccc3)C(=O)O)cc2)c1. The van der Waals surface area contributed by atoms with Gasteiger partial charge in [0.25, 0.3) is 0 Å². The van der Waals surface area contributed by atoms with Crippen molar-refractivity contribution in [2.24, 2.45) is 0 Å². The molecule has 4 rings (SSSR count). The number of hydrogen-bond acceptors (Lipinski definition) is 4.